The third-order valence-electron chi connectivity index (χ3n) is 3.19. The zero-order valence-corrected chi connectivity index (χ0v) is 13.5. The first-order valence-corrected chi connectivity index (χ1v) is 8.33. The Morgan fingerprint density at radius 2 is 2.10 bits per heavy atom. The second-order valence-electron chi connectivity index (χ2n) is 4.96. The third-order valence-corrected chi connectivity index (χ3v) is 5.01. The molecule has 0 atom stereocenters. The molecule has 0 aliphatic carbocycles. The van der Waals surface area contributed by atoms with Gasteiger partial charge in [0.05, 0.1) is 10.7 Å². The van der Waals surface area contributed by atoms with Crippen LogP contribution in [-0.2, 0) is 16.6 Å². The molecule has 0 saturated carbocycles. The lowest BCUT2D eigenvalue weighted by Gasteiger charge is -2.19. The molecule has 0 spiro atoms. The second-order valence-corrected chi connectivity index (χ2v) is 7.31. The Labute approximate surface area is 125 Å². The number of nitrogens with one attached hydrogen (secondary N) is 1. The predicted molar refractivity (Wildman–Crippen MR) is 86.6 cm³/mol. The zero-order chi connectivity index (χ0) is 14.9. The van der Waals surface area contributed by atoms with Crippen molar-refractivity contribution in [3.63, 3.8) is 0 Å². The molecule has 5 nitrogen and oxygen atoms in total. The average Bonchev–Trinajstić information content (AvgIpc) is 2.65. The lowest BCUT2D eigenvalue weighted by atomic mass is 10.1. The summed E-state index contributed by atoms with van der Waals surface area (Å²) in [4.78, 5) is 3.02. The maximum atomic E-state index is 11.8. The van der Waals surface area contributed by atoms with Crippen LogP contribution in [-0.4, -0.2) is 38.4 Å². The van der Waals surface area contributed by atoms with Crippen LogP contribution in [0.1, 0.15) is 18.9 Å². The van der Waals surface area contributed by atoms with Gasteiger partial charge in [0.2, 0.25) is 0 Å². The lowest BCUT2D eigenvalue weighted by molar-refractivity contribution is 0.527. The summed E-state index contributed by atoms with van der Waals surface area (Å²) < 4.78 is 27.3. The zero-order valence-electron chi connectivity index (χ0n) is 11.9. The monoisotopic (exact) mass is 313 g/mol. The molecule has 20 heavy (non-hydrogen) atoms. The molecule has 0 unspecified atom stereocenters. The van der Waals surface area contributed by atoms with Crippen LogP contribution < -0.4 is 9.62 Å². The van der Waals surface area contributed by atoms with E-state index in [1.54, 1.807) is 6.07 Å². The number of benzene rings is 1. The number of hydrogen-bond acceptors (Lipinski definition) is 3. The van der Waals surface area contributed by atoms with E-state index >= 15 is 0 Å². The Morgan fingerprint density at radius 3 is 2.70 bits per heavy atom. The molecule has 7 heteroatoms. The van der Waals surface area contributed by atoms with Gasteiger partial charge in [-0.2, -0.15) is 12.7 Å². The van der Waals surface area contributed by atoms with Crippen molar-refractivity contribution < 1.29 is 8.42 Å². The third kappa shape index (κ3) is 2.94. The Morgan fingerprint density at radius 1 is 1.40 bits per heavy atom. The highest BCUT2D eigenvalue weighted by atomic mass is 32.2. The number of hydrogen-bond donors (Lipinski definition) is 1. The van der Waals surface area contributed by atoms with Gasteiger partial charge in [0.15, 0.2) is 0 Å². The van der Waals surface area contributed by atoms with Crippen LogP contribution in [0.3, 0.4) is 0 Å². The van der Waals surface area contributed by atoms with Crippen LogP contribution >= 0.6 is 12.2 Å². The van der Waals surface area contributed by atoms with Gasteiger partial charge in [0.1, 0.15) is 0 Å². The van der Waals surface area contributed by atoms with Crippen LogP contribution in [0.25, 0.3) is 0 Å². The highest BCUT2D eigenvalue weighted by molar-refractivity contribution is 7.90. The fourth-order valence-corrected chi connectivity index (χ4v) is 3.11. The summed E-state index contributed by atoms with van der Waals surface area (Å²) in [5, 5.41) is 0. The summed E-state index contributed by atoms with van der Waals surface area (Å²) in [6.45, 7) is 3.01. The van der Waals surface area contributed by atoms with Crippen LogP contribution in [0.2, 0.25) is 0 Å². The number of nitrogens with zero attached hydrogens (tertiary/aromatic N) is 2. The van der Waals surface area contributed by atoms with Gasteiger partial charge in [0.25, 0.3) is 0 Å². The van der Waals surface area contributed by atoms with Crippen molar-refractivity contribution in [2.45, 2.75) is 19.8 Å². The van der Waals surface area contributed by atoms with Gasteiger partial charge < -0.3 is 4.90 Å². The molecule has 0 fully saturated rings. The standard InChI is InChI=1S/C13H19N3O2S2/c1-4-7-16-12-6-5-11(8-10(12)9-13(16)19)14-20(17,18)15(2)3/h5-6,8,14H,4,7,9H2,1-3H3. The van der Waals surface area contributed by atoms with Gasteiger partial charge in [-0.1, -0.05) is 19.1 Å². The highest BCUT2D eigenvalue weighted by Gasteiger charge is 2.24. The normalized spacial score (nSPS) is 14.8. The van der Waals surface area contributed by atoms with Crippen LogP contribution in [0, 0.1) is 0 Å². The largest absolute Gasteiger partial charge is 0.336 e. The molecule has 110 valence electrons. The van der Waals surface area contributed by atoms with Crippen molar-refractivity contribution in [3.8, 4) is 0 Å². The van der Waals surface area contributed by atoms with Gasteiger partial charge in [-0.05, 0) is 30.2 Å². The number of rotatable bonds is 5. The van der Waals surface area contributed by atoms with Crippen molar-refractivity contribution >= 4 is 38.8 Å². The Kier molecular flexibility index (Phi) is 4.31. The van der Waals surface area contributed by atoms with Crippen molar-refractivity contribution in [3.05, 3.63) is 23.8 Å². The molecular formula is C13H19N3O2S2. The molecule has 0 bridgehead atoms. The first-order valence-electron chi connectivity index (χ1n) is 6.48. The molecule has 2 rings (SSSR count). The summed E-state index contributed by atoms with van der Waals surface area (Å²) in [7, 11) is -0.481. The Hall–Kier alpha value is -1.18. The predicted octanol–water partition coefficient (Wildman–Crippen LogP) is 2.00. The summed E-state index contributed by atoms with van der Waals surface area (Å²) in [5.41, 5.74) is 2.73. The fraction of sp³-hybridized carbons (Fsp3) is 0.462. The molecular weight excluding hydrogens is 294 g/mol. The van der Waals surface area contributed by atoms with Gasteiger partial charge in [-0.3, -0.25) is 4.72 Å². The molecule has 0 amide bonds. The van der Waals surface area contributed by atoms with Crippen molar-refractivity contribution in [2.75, 3.05) is 30.3 Å². The van der Waals surface area contributed by atoms with E-state index in [9.17, 15) is 8.42 Å². The molecule has 1 aliphatic rings. The SMILES string of the molecule is CCCN1C(=S)Cc2cc(NS(=O)(=O)N(C)C)ccc21. The summed E-state index contributed by atoms with van der Waals surface area (Å²) in [6, 6.07) is 5.56. The van der Waals surface area contributed by atoms with E-state index in [2.05, 4.69) is 16.5 Å². The first kappa shape index (κ1) is 15.2. The number of thiocarbonyl (C=S) groups is 1. The van der Waals surface area contributed by atoms with E-state index in [1.807, 2.05) is 12.1 Å². The molecule has 1 N–H and O–H groups in total. The first-order chi connectivity index (χ1) is 9.35. The topological polar surface area (TPSA) is 52.7 Å². The van der Waals surface area contributed by atoms with E-state index in [4.69, 9.17) is 12.2 Å². The van der Waals surface area contributed by atoms with E-state index in [-0.39, 0.29) is 0 Å². The van der Waals surface area contributed by atoms with E-state index in [1.165, 1.54) is 14.1 Å². The van der Waals surface area contributed by atoms with Crippen LogP contribution in [0.15, 0.2) is 18.2 Å². The summed E-state index contributed by atoms with van der Waals surface area (Å²) >= 11 is 5.38. The van der Waals surface area contributed by atoms with Gasteiger partial charge in [-0.15, -0.1) is 0 Å². The molecule has 1 aliphatic heterocycles. The van der Waals surface area contributed by atoms with Gasteiger partial charge in [0, 0.05) is 32.7 Å². The van der Waals surface area contributed by atoms with Crippen LogP contribution in [0.4, 0.5) is 11.4 Å². The van der Waals surface area contributed by atoms with Gasteiger partial charge in [-0.25, -0.2) is 0 Å². The summed E-state index contributed by atoms with van der Waals surface area (Å²) in [6.07, 6.45) is 1.72. The van der Waals surface area contributed by atoms with Crippen LogP contribution in [0.5, 0.6) is 0 Å². The second kappa shape index (κ2) is 5.67. The molecule has 1 heterocycles. The lowest BCUT2D eigenvalue weighted by Crippen LogP contribution is -2.29. The molecule has 0 aromatic heterocycles. The smallest absolute Gasteiger partial charge is 0.301 e. The maximum Gasteiger partial charge on any atom is 0.301 e. The number of anilines is 2. The molecule has 1 aromatic rings. The highest BCUT2D eigenvalue weighted by Crippen LogP contribution is 2.32. The van der Waals surface area contributed by atoms with Crippen molar-refractivity contribution in [2.24, 2.45) is 0 Å². The fourth-order valence-electron chi connectivity index (χ4n) is 2.16. The Bertz CT molecular complexity index is 627. The van der Waals surface area contributed by atoms with E-state index in [0.717, 1.165) is 33.5 Å². The minimum Gasteiger partial charge on any atom is -0.336 e. The molecule has 0 saturated heterocycles. The number of fused-ring (bicyclic) bond motifs is 1. The molecule has 0 radical (unpaired) electrons. The maximum absolute atomic E-state index is 11.8. The van der Waals surface area contributed by atoms with Crippen molar-refractivity contribution in [1.29, 1.82) is 0 Å². The molecule has 1 aromatic carbocycles. The van der Waals surface area contributed by atoms with Gasteiger partial charge >= 0.3 is 10.2 Å². The quantitative estimate of drug-likeness (QED) is 0.845. The van der Waals surface area contributed by atoms with Crippen molar-refractivity contribution in [1.82, 2.24) is 4.31 Å². The van der Waals surface area contributed by atoms with E-state index < -0.39 is 10.2 Å². The Balaban J connectivity index is 2.27. The minimum atomic E-state index is -3.47. The van der Waals surface area contributed by atoms with E-state index in [0.29, 0.717) is 12.1 Å². The minimum absolute atomic E-state index is 0.568. The average molecular weight is 313 g/mol. The summed E-state index contributed by atoms with van der Waals surface area (Å²) in [5.74, 6) is 0.